The van der Waals surface area contributed by atoms with E-state index in [4.69, 9.17) is 0 Å². The van der Waals surface area contributed by atoms with E-state index in [9.17, 15) is 14.4 Å². The smallest absolute Gasteiger partial charge is 0.224 e. The first-order chi connectivity index (χ1) is 12.7. The number of Topliss-reactive ketones (excluding diaryl/α,β-unsaturated/α-hetero) is 2. The van der Waals surface area contributed by atoms with Crippen LogP contribution in [0.3, 0.4) is 0 Å². The molecule has 148 valence electrons. The Morgan fingerprint density at radius 3 is 2.33 bits per heavy atom. The minimum absolute atomic E-state index is 0.0708. The number of nitrogens with zero attached hydrogens (tertiary/aromatic N) is 2. The normalized spacial score (nSPS) is 17.8. The van der Waals surface area contributed by atoms with Crippen LogP contribution >= 0.6 is 0 Å². The second-order valence-corrected chi connectivity index (χ2v) is 8.64. The van der Waals surface area contributed by atoms with Crippen LogP contribution in [0.2, 0.25) is 0 Å². The highest BCUT2D eigenvalue weighted by molar-refractivity contribution is 5.97. The summed E-state index contributed by atoms with van der Waals surface area (Å²) in [6.45, 7) is 7.29. The van der Waals surface area contributed by atoms with Gasteiger partial charge >= 0.3 is 0 Å². The van der Waals surface area contributed by atoms with E-state index in [2.05, 4.69) is 15.3 Å². The SMILES string of the molecule is CC(=O)[C@@H](NC(=O)[C@H](CC(=O)c1cnccn1)C1CCCCC1)C(C)(C)C. The number of hydrogen-bond acceptors (Lipinski definition) is 5. The van der Waals surface area contributed by atoms with Gasteiger partial charge in [0.1, 0.15) is 5.69 Å². The van der Waals surface area contributed by atoms with E-state index in [1.807, 2.05) is 20.8 Å². The molecule has 1 fully saturated rings. The largest absolute Gasteiger partial charge is 0.346 e. The van der Waals surface area contributed by atoms with Crippen molar-refractivity contribution in [2.45, 2.75) is 72.3 Å². The van der Waals surface area contributed by atoms with Gasteiger partial charge in [-0.05, 0) is 31.1 Å². The molecule has 1 amide bonds. The van der Waals surface area contributed by atoms with Gasteiger partial charge in [-0.15, -0.1) is 0 Å². The van der Waals surface area contributed by atoms with Crippen LogP contribution in [0.4, 0.5) is 0 Å². The summed E-state index contributed by atoms with van der Waals surface area (Å²) in [7, 11) is 0. The van der Waals surface area contributed by atoms with Crippen molar-refractivity contribution < 1.29 is 14.4 Å². The molecule has 0 spiro atoms. The Balaban J connectivity index is 2.19. The fourth-order valence-electron chi connectivity index (χ4n) is 3.93. The summed E-state index contributed by atoms with van der Waals surface area (Å²) in [4.78, 5) is 45.9. The van der Waals surface area contributed by atoms with E-state index in [0.717, 1.165) is 25.7 Å². The molecular weight excluding hydrogens is 342 g/mol. The first-order valence-corrected chi connectivity index (χ1v) is 9.80. The number of carbonyl (C=O) groups excluding carboxylic acids is 3. The van der Waals surface area contributed by atoms with Crippen molar-refractivity contribution in [2.24, 2.45) is 17.3 Å². The Morgan fingerprint density at radius 2 is 1.81 bits per heavy atom. The molecule has 1 aliphatic rings. The fraction of sp³-hybridized carbons (Fsp3) is 0.667. The van der Waals surface area contributed by atoms with Crippen LogP contribution in [0.15, 0.2) is 18.6 Å². The minimum atomic E-state index is -0.567. The summed E-state index contributed by atoms with van der Waals surface area (Å²) < 4.78 is 0. The van der Waals surface area contributed by atoms with Crippen LogP contribution in [0, 0.1) is 17.3 Å². The monoisotopic (exact) mass is 373 g/mol. The van der Waals surface area contributed by atoms with Gasteiger partial charge in [0, 0.05) is 24.7 Å². The van der Waals surface area contributed by atoms with Crippen LogP contribution < -0.4 is 5.32 Å². The van der Waals surface area contributed by atoms with E-state index in [0.29, 0.717) is 0 Å². The molecule has 2 rings (SSSR count). The van der Waals surface area contributed by atoms with Gasteiger partial charge in [0.2, 0.25) is 5.91 Å². The van der Waals surface area contributed by atoms with Gasteiger partial charge < -0.3 is 5.32 Å². The van der Waals surface area contributed by atoms with Crippen molar-refractivity contribution in [1.29, 1.82) is 0 Å². The molecule has 1 saturated carbocycles. The molecule has 0 aliphatic heterocycles. The van der Waals surface area contributed by atoms with Crippen LogP contribution in [0.25, 0.3) is 0 Å². The third kappa shape index (κ3) is 5.94. The van der Waals surface area contributed by atoms with Gasteiger partial charge in [0.05, 0.1) is 12.2 Å². The number of carbonyl (C=O) groups is 3. The molecule has 0 saturated heterocycles. The fourth-order valence-corrected chi connectivity index (χ4v) is 3.93. The molecule has 1 aromatic heterocycles. The van der Waals surface area contributed by atoms with E-state index in [1.165, 1.54) is 31.9 Å². The molecule has 0 radical (unpaired) electrons. The number of rotatable bonds is 7. The maximum absolute atomic E-state index is 13.1. The molecule has 6 heteroatoms. The van der Waals surface area contributed by atoms with E-state index in [1.54, 1.807) is 0 Å². The molecule has 1 aliphatic carbocycles. The lowest BCUT2D eigenvalue weighted by Crippen LogP contribution is -2.51. The lowest BCUT2D eigenvalue weighted by Gasteiger charge is -2.34. The molecular formula is C21H31N3O3. The van der Waals surface area contributed by atoms with Gasteiger partial charge in [-0.1, -0.05) is 40.0 Å². The van der Waals surface area contributed by atoms with Crippen LogP contribution in [-0.4, -0.2) is 33.5 Å². The number of aromatic nitrogens is 2. The predicted octanol–water partition coefficient (Wildman–Crippen LogP) is 3.37. The maximum atomic E-state index is 13.1. The zero-order chi connectivity index (χ0) is 20.0. The van der Waals surface area contributed by atoms with Crippen LogP contribution in [-0.2, 0) is 9.59 Å². The van der Waals surface area contributed by atoms with Crippen LogP contribution in [0.5, 0.6) is 0 Å². The maximum Gasteiger partial charge on any atom is 0.224 e. The molecule has 2 atom stereocenters. The molecule has 27 heavy (non-hydrogen) atoms. The summed E-state index contributed by atoms with van der Waals surface area (Å²) in [5.74, 6) is -0.729. The summed E-state index contributed by atoms with van der Waals surface area (Å²) in [6, 6.07) is -0.567. The molecule has 6 nitrogen and oxygen atoms in total. The quantitative estimate of drug-likeness (QED) is 0.740. The van der Waals surface area contributed by atoms with E-state index in [-0.39, 0.29) is 40.9 Å². The predicted molar refractivity (Wildman–Crippen MR) is 103 cm³/mol. The topological polar surface area (TPSA) is 89.0 Å². The lowest BCUT2D eigenvalue weighted by molar-refractivity contribution is -0.133. The number of hydrogen-bond donors (Lipinski definition) is 1. The summed E-state index contributed by atoms with van der Waals surface area (Å²) in [5, 5.41) is 2.93. The number of nitrogens with one attached hydrogen (secondary N) is 1. The third-order valence-electron chi connectivity index (χ3n) is 5.37. The molecule has 0 bridgehead atoms. The highest BCUT2D eigenvalue weighted by Gasteiger charge is 2.36. The Kier molecular flexibility index (Phi) is 7.22. The van der Waals surface area contributed by atoms with E-state index >= 15 is 0 Å². The average molecular weight is 373 g/mol. The summed E-state index contributed by atoms with van der Waals surface area (Å²) in [5.41, 5.74) is -0.0990. The number of ketones is 2. The summed E-state index contributed by atoms with van der Waals surface area (Å²) >= 11 is 0. The first-order valence-electron chi connectivity index (χ1n) is 9.80. The Bertz CT molecular complexity index is 661. The average Bonchev–Trinajstić information content (AvgIpc) is 2.64. The van der Waals surface area contributed by atoms with Crippen molar-refractivity contribution in [1.82, 2.24) is 15.3 Å². The molecule has 1 N–H and O–H groups in total. The number of amides is 1. The van der Waals surface area contributed by atoms with Crippen LogP contribution in [0.1, 0.15) is 76.7 Å². The van der Waals surface area contributed by atoms with Crippen molar-refractivity contribution in [3.63, 3.8) is 0 Å². The standard InChI is InChI=1S/C21H31N3O3/c1-14(25)19(21(2,3)4)24-20(27)16(15-8-6-5-7-9-15)12-18(26)17-13-22-10-11-23-17/h10-11,13,15-16,19H,5-9,12H2,1-4H3,(H,24,27)/t16-,19-/m1/s1. The molecule has 0 aromatic carbocycles. The van der Waals surface area contributed by atoms with Crippen molar-refractivity contribution in [3.05, 3.63) is 24.3 Å². The van der Waals surface area contributed by atoms with E-state index < -0.39 is 12.0 Å². The van der Waals surface area contributed by atoms with Gasteiger partial charge in [0.15, 0.2) is 11.6 Å². The van der Waals surface area contributed by atoms with Crippen molar-refractivity contribution in [2.75, 3.05) is 0 Å². The zero-order valence-electron chi connectivity index (χ0n) is 16.8. The Labute approximate surface area is 161 Å². The second kappa shape index (κ2) is 9.20. The van der Waals surface area contributed by atoms with Gasteiger partial charge in [0.25, 0.3) is 0 Å². The minimum Gasteiger partial charge on any atom is -0.346 e. The van der Waals surface area contributed by atoms with Gasteiger partial charge in [-0.25, -0.2) is 4.98 Å². The van der Waals surface area contributed by atoms with Gasteiger partial charge in [-0.3, -0.25) is 19.4 Å². The van der Waals surface area contributed by atoms with Crippen molar-refractivity contribution >= 4 is 17.5 Å². The lowest BCUT2D eigenvalue weighted by atomic mass is 9.76. The highest BCUT2D eigenvalue weighted by atomic mass is 16.2. The molecule has 1 aromatic rings. The molecule has 0 unspecified atom stereocenters. The van der Waals surface area contributed by atoms with Crippen molar-refractivity contribution in [3.8, 4) is 0 Å². The summed E-state index contributed by atoms with van der Waals surface area (Å²) in [6.07, 6.45) is 9.72. The van der Waals surface area contributed by atoms with Gasteiger partial charge in [-0.2, -0.15) is 0 Å². The second-order valence-electron chi connectivity index (χ2n) is 8.64. The Hall–Kier alpha value is -2.11. The first kappa shape index (κ1) is 21.2. The Morgan fingerprint density at radius 1 is 1.15 bits per heavy atom. The zero-order valence-corrected chi connectivity index (χ0v) is 16.8. The third-order valence-corrected chi connectivity index (χ3v) is 5.37. The molecule has 1 heterocycles. The highest BCUT2D eigenvalue weighted by Crippen LogP contribution is 2.33.